The van der Waals surface area contributed by atoms with E-state index in [1.54, 1.807) is 20.0 Å². The Morgan fingerprint density at radius 2 is 1.23 bits per heavy atom. The Morgan fingerprint density at radius 1 is 0.736 bits per heavy atom. The van der Waals surface area contributed by atoms with Crippen molar-refractivity contribution in [2.24, 2.45) is 5.73 Å². The summed E-state index contributed by atoms with van der Waals surface area (Å²) in [7, 11) is 0. The molecule has 17 heteroatoms. The molecule has 6 heterocycles. The number of amides is 1. The first-order valence-electron chi connectivity index (χ1n) is 16.8. The largest absolute Gasteiger partial charge is 0.476 e. The number of hydrogen-bond donors (Lipinski definition) is 5. The molecule has 8 N–H and O–H groups in total. The number of oxazole rings is 2. The average Bonchev–Trinajstić information content (AvgIpc) is 4.08. The fourth-order valence-electron chi connectivity index (χ4n) is 5.47. The van der Waals surface area contributed by atoms with Gasteiger partial charge in [0.2, 0.25) is 11.8 Å². The molecular formula is C36H38N12O5. The van der Waals surface area contributed by atoms with E-state index in [0.29, 0.717) is 47.7 Å². The summed E-state index contributed by atoms with van der Waals surface area (Å²) < 4.78 is 10.3. The number of nitrogens with zero attached hydrogens (tertiary/aromatic N) is 8. The van der Waals surface area contributed by atoms with E-state index in [1.165, 1.54) is 61.7 Å². The van der Waals surface area contributed by atoms with E-state index in [0.717, 1.165) is 17.3 Å². The Bertz CT molecular complexity index is 2200. The summed E-state index contributed by atoms with van der Waals surface area (Å²) in [6, 6.07) is 8.13. The minimum absolute atomic E-state index is 0.0322. The van der Waals surface area contributed by atoms with Gasteiger partial charge in [-0.1, -0.05) is 12.1 Å². The summed E-state index contributed by atoms with van der Waals surface area (Å²) in [5.41, 5.74) is 23.0. The van der Waals surface area contributed by atoms with E-state index < -0.39 is 5.97 Å². The molecular weight excluding hydrogens is 680 g/mol. The van der Waals surface area contributed by atoms with Gasteiger partial charge in [0.15, 0.2) is 23.0 Å². The van der Waals surface area contributed by atoms with Gasteiger partial charge in [0.1, 0.15) is 23.9 Å². The Morgan fingerprint density at radius 3 is 1.70 bits per heavy atom. The van der Waals surface area contributed by atoms with Crippen molar-refractivity contribution in [3.63, 3.8) is 0 Å². The van der Waals surface area contributed by atoms with Crippen molar-refractivity contribution in [1.29, 1.82) is 0 Å². The van der Waals surface area contributed by atoms with Crippen molar-refractivity contribution in [3.8, 4) is 23.2 Å². The number of anilines is 2. The lowest BCUT2D eigenvalue weighted by molar-refractivity contribution is 0.0690. The van der Waals surface area contributed by atoms with Crippen LogP contribution in [-0.2, 0) is 13.1 Å². The third kappa shape index (κ3) is 8.82. The zero-order valence-corrected chi connectivity index (χ0v) is 29.1. The maximum absolute atomic E-state index is 12.5. The van der Waals surface area contributed by atoms with Crippen molar-refractivity contribution < 1.29 is 23.5 Å². The predicted octanol–water partition coefficient (Wildman–Crippen LogP) is 4.36. The van der Waals surface area contributed by atoms with E-state index in [4.69, 9.17) is 31.1 Å². The Labute approximate surface area is 303 Å². The molecule has 0 bridgehead atoms. The lowest BCUT2D eigenvalue weighted by Gasteiger charge is -2.11. The Balaban J connectivity index is 0.000000151. The van der Waals surface area contributed by atoms with Crippen LogP contribution in [0, 0.1) is 13.8 Å². The van der Waals surface area contributed by atoms with E-state index in [2.05, 4.69) is 57.3 Å². The van der Waals surface area contributed by atoms with E-state index in [1.807, 2.05) is 18.3 Å². The molecule has 2 aliphatic carbocycles. The smallest absolute Gasteiger partial charge is 0.358 e. The number of aromatic nitrogens is 8. The Hall–Kier alpha value is -6.62. The maximum atomic E-state index is 12.5. The molecule has 0 spiro atoms. The fraction of sp³-hybridized carbons (Fsp3) is 0.278. The van der Waals surface area contributed by atoms with Crippen LogP contribution < -0.4 is 22.5 Å². The number of nitrogens with two attached hydrogens (primary N) is 3. The minimum Gasteiger partial charge on any atom is -0.476 e. The number of carbonyl (C=O) groups excluding carboxylic acids is 1. The van der Waals surface area contributed by atoms with Crippen molar-refractivity contribution in [3.05, 3.63) is 107 Å². The van der Waals surface area contributed by atoms with Crippen LogP contribution in [-0.4, -0.2) is 56.9 Å². The minimum atomic E-state index is -1.22. The van der Waals surface area contributed by atoms with E-state index in [9.17, 15) is 9.59 Å². The van der Waals surface area contributed by atoms with Gasteiger partial charge >= 0.3 is 5.97 Å². The summed E-state index contributed by atoms with van der Waals surface area (Å²) in [6.07, 6.45) is 14.3. The van der Waals surface area contributed by atoms with E-state index in [-0.39, 0.29) is 34.8 Å². The number of aromatic carboxylic acids is 1. The van der Waals surface area contributed by atoms with Crippen molar-refractivity contribution in [2.45, 2.75) is 64.5 Å². The first-order chi connectivity index (χ1) is 25.6. The Kier molecular flexibility index (Phi) is 11.0. The quantitative estimate of drug-likeness (QED) is 0.139. The number of pyridine rings is 2. The van der Waals surface area contributed by atoms with Gasteiger partial charge < -0.3 is 36.5 Å². The normalized spacial score (nSPS) is 13.3. The fourth-order valence-corrected chi connectivity index (χ4v) is 5.47. The SMILES string of the molecule is Cc1nc(C(=O)NCc2ncccc2C2CC2)c(N)nc1-c1ncco1.Cc1nc(C(=O)O)c(N)nc1-c1ncco1.NCc1ncccc1C1CC1. The van der Waals surface area contributed by atoms with Crippen LogP contribution in [0.5, 0.6) is 0 Å². The van der Waals surface area contributed by atoms with Crippen molar-refractivity contribution in [2.75, 3.05) is 11.5 Å². The summed E-state index contributed by atoms with van der Waals surface area (Å²) in [6.45, 7) is 4.24. The van der Waals surface area contributed by atoms with Crippen molar-refractivity contribution in [1.82, 2.24) is 45.2 Å². The van der Waals surface area contributed by atoms with Gasteiger partial charge in [0, 0.05) is 18.9 Å². The molecule has 2 fully saturated rings. The average molecular weight is 719 g/mol. The molecule has 1 amide bonds. The van der Waals surface area contributed by atoms with Crippen LogP contribution in [0.25, 0.3) is 23.2 Å². The molecule has 8 rings (SSSR count). The van der Waals surface area contributed by atoms with Crippen molar-refractivity contribution >= 4 is 23.5 Å². The molecule has 6 aromatic rings. The number of carboxylic acids is 1. The first-order valence-corrected chi connectivity index (χ1v) is 16.8. The molecule has 272 valence electrons. The maximum Gasteiger partial charge on any atom is 0.358 e. The highest BCUT2D eigenvalue weighted by Crippen LogP contribution is 2.41. The van der Waals surface area contributed by atoms with Crippen LogP contribution in [0.2, 0.25) is 0 Å². The lowest BCUT2D eigenvalue weighted by Crippen LogP contribution is -2.26. The summed E-state index contributed by atoms with van der Waals surface area (Å²) in [4.78, 5) is 56.1. The highest BCUT2D eigenvalue weighted by molar-refractivity contribution is 5.96. The van der Waals surface area contributed by atoms with Crippen LogP contribution in [0.1, 0.15) is 92.4 Å². The van der Waals surface area contributed by atoms with Gasteiger partial charge in [-0.15, -0.1) is 0 Å². The molecule has 53 heavy (non-hydrogen) atoms. The third-order valence-electron chi connectivity index (χ3n) is 8.38. The van der Waals surface area contributed by atoms with Gasteiger partial charge in [0.05, 0.1) is 41.7 Å². The molecule has 0 aromatic carbocycles. The second-order valence-corrected chi connectivity index (χ2v) is 12.3. The second-order valence-electron chi connectivity index (χ2n) is 12.3. The van der Waals surface area contributed by atoms with Crippen LogP contribution in [0.3, 0.4) is 0 Å². The van der Waals surface area contributed by atoms with Gasteiger partial charge in [-0.05, 0) is 74.6 Å². The number of aryl methyl sites for hydroxylation is 2. The predicted molar refractivity (Wildman–Crippen MR) is 192 cm³/mol. The first kappa shape index (κ1) is 36.2. The monoisotopic (exact) mass is 718 g/mol. The number of hydrogen-bond acceptors (Lipinski definition) is 15. The number of carbonyl (C=O) groups is 2. The number of carboxylic acid groups (broad SMARTS) is 1. The molecule has 0 atom stereocenters. The van der Waals surface area contributed by atoms with Gasteiger partial charge in [0.25, 0.3) is 5.91 Å². The number of nitrogens with one attached hydrogen (secondary N) is 1. The summed E-state index contributed by atoms with van der Waals surface area (Å²) >= 11 is 0. The van der Waals surface area contributed by atoms with Gasteiger partial charge in [-0.3, -0.25) is 14.8 Å². The van der Waals surface area contributed by atoms with Gasteiger partial charge in [-0.2, -0.15) is 0 Å². The number of nitrogen functional groups attached to an aromatic ring is 2. The number of rotatable bonds is 9. The third-order valence-corrected chi connectivity index (χ3v) is 8.38. The van der Waals surface area contributed by atoms with Crippen LogP contribution >= 0.6 is 0 Å². The van der Waals surface area contributed by atoms with Gasteiger partial charge in [-0.25, -0.2) is 34.7 Å². The molecule has 0 aliphatic heterocycles. The molecule has 0 unspecified atom stereocenters. The highest BCUT2D eigenvalue weighted by Gasteiger charge is 2.27. The zero-order valence-electron chi connectivity index (χ0n) is 29.1. The van der Waals surface area contributed by atoms with Crippen LogP contribution in [0.4, 0.5) is 11.6 Å². The molecule has 2 aliphatic rings. The molecule has 6 aromatic heterocycles. The van der Waals surface area contributed by atoms with E-state index >= 15 is 0 Å². The highest BCUT2D eigenvalue weighted by atomic mass is 16.4. The summed E-state index contributed by atoms with van der Waals surface area (Å²) in [5.74, 6) is 0.169. The standard InChI is InChI=1S/C18H18N6O2.C9H8N4O3.C9H12N2/c1-10-14(18-21-7-8-26-18)24-16(19)15(23-10)17(25)22-9-13-12(11-4-5-11)3-2-6-20-13;1-4-5(8-11-2-3-16-8)13-7(10)6(12-4)9(14)15;10-6-9-8(7-3-4-7)2-1-5-11-9/h2-3,6-8,11H,4-5,9H2,1H3,(H2,19,24)(H,22,25);2-3H,1H3,(H2,10,13)(H,14,15);1-2,5,7H,3-4,6,10H2. The second kappa shape index (κ2) is 16.2. The molecule has 0 radical (unpaired) electrons. The van der Waals surface area contributed by atoms with Crippen LogP contribution in [0.15, 0.2) is 70.4 Å². The zero-order chi connectivity index (χ0) is 37.5. The molecule has 17 nitrogen and oxygen atoms in total. The molecule has 2 saturated carbocycles. The summed E-state index contributed by atoms with van der Waals surface area (Å²) in [5, 5.41) is 11.6. The topological polar surface area (TPSA) is 274 Å². The molecule has 0 saturated heterocycles. The lowest BCUT2D eigenvalue weighted by atomic mass is 10.1.